The number of phenols is 1. The van der Waals surface area contributed by atoms with Gasteiger partial charge in [0, 0.05) is 23.4 Å². The molecule has 0 atom stereocenters. The summed E-state index contributed by atoms with van der Waals surface area (Å²) in [7, 11) is 1.79. The van der Waals surface area contributed by atoms with E-state index in [0.717, 1.165) is 16.5 Å². The van der Waals surface area contributed by atoms with E-state index in [1.807, 2.05) is 43.3 Å². The monoisotopic (exact) mass is 298 g/mol. The molecule has 0 amide bonds. The molecule has 0 radical (unpaired) electrons. The number of azo groups is 1. The molecule has 0 bridgehead atoms. The fraction of sp³-hybridized carbons (Fsp3) is 0.133. The highest BCUT2D eigenvalue weighted by Crippen LogP contribution is 2.40. The number of aromatic hydroxyl groups is 1. The van der Waals surface area contributed by atoms with Crippen LogP contribution >= 0.6 is 12.6 Å². The normalized spacial score (nSPS) is 11.6. The second kappa shape index (κ2) is 5.21. The SMILES string of the molecule is Cc1cc(N=Nc2c(S)cc3ccccc3c2O)n(C)n1. The number of phenolic OH excluding ortho intramolecular Hbond substituents is 1. The van der Waals surface area contributed by atoms with Crippen LogP contribution in [0.3, 0.4) is 0 Å². The summed E-state index contributed by atoms with van der Waals surface area (Å²) in [6.07, 6.45) is 0. The number of hydrogen-bond donors (Lipinski definition) is 2. The van der Waals surface area contributed by atoms with E-state index in [0.29, 0.717) is 16.4 Å². The lowest BCUT2D eigenvalue weighted by Crippen LogP contribution is -1.88. The van der Waals surface area contributed by atoms with Crippen LogP contribution in [0.2, 0.25) is 0 Å². The first-order chi connectivity index (χ1) is 10.1. The van der Waals surface area contributed by atoms with Crippen LogP contribution in [0.15, 0.2) is 51.5 Å². The molecule has 3 rings (SSSR count). The quantitative estimate of drug-likeness (QED) is 0.547. The average molecular weight is 298 g/mol. The molecule has 0 fully saturated rings. The number of benzene rings is 2. The van der Waals surface area contributed by atoms with Gasteiger partial charge in [0.1, 0.15) is 5.69 Å². The fourth-order valence-corrected chi connectivity index (χ4v) is 2.48. The Kier molecular flexibility index (Phi) is 3.39. The first-order valence-electron chi connectivity index (χ1n) is 6.42. The van der Waals surface area contributed by atoms with Crippen molar-refractivity contribution in [2.75, 3.05) is 0 Å². The maximum atomic E-state index is 10.4. The minimum Gasteiger partial charge on any atom is -0.505 e. The van der Waals surface area contributed by atoms with Crippen LogP contribution in [0.1, 0.15) is 5.69 Å². The third kappa shape index (κ3) is 2.50. The molecule has 2 aromatic carbocycles. The maximum Gasteiger partial charge on any atom is 0.173 e. The van der Waals surface area contributed by atoms with Crippen molar-refractivity contribution >= 4 is 34.9 Å². The number of aryl methyl sites for hydroxylation is 2. The van der Waals surface area contributed by atoms with Gasteiger partial charge < -0.3 is 5.11 Å². The summed E-state index contributed by atoms with van der Waals surface area (Å²) in [5, 5.41) is 24.5. The van der Waals surface area contributed by atoms with E-state index in [2.05, 4.69) is 28.0 Å². The van der Waals surface area contributed by atoms with Crippen molar-refractivity contribution in [3.63, 3.8) is 0 Å². The molecule has 0 aliphatic heterocycles. The van der Waals surface area contributed by atoms with E-state index in [1.165, 1.54) is 0 Å². The molecule has 0 saturated carbocycles. The van der Waals surface area contributed by atoms with E-state index < -0.39 is 0 Å². The zero-order valence-electron chi connectivity index (χ0n) is 11.6. The first-order valence-corrected chi connectivity index (χ1v) is 6.87. The predicted molar refractivity (Wildman–Crippen MR) is 85.0 cm³/mol. The lowest BCUT2D eigenvalue weighted by molar-refractivity contribution is 0.481. The van der Waals surface area contributed by atoms with Crippen molar-refractivity contribution in [1.82, 2.24) is 9.78 Å². The fourth-order valence-electron chi connectivity index (χ4n) is 2.19. The van der Waals surface area contributed by atoms with Gasteiger partial charge in [0.15, 0.2) is 11.6 Å². The Hall–Kier alpha value is -2.34. The van der Waals surface area contributed by atoms with E-state index in [9.17, 15) is 5.11 Å². The van der Waals surface area contributed by atoms with E-state index in [1.54, 1.807) is 11.7 Å². The standard InChI is InChI=1S/C15H14N4OS/c1-9-7-13(19(2)18-9)16-17-14-12(21)8-10-5-3-4-6-11(10)15(14)20/h3-8,20-21H,1-2H3. The maximum absolute atomic E-state index is 10.4. The highest BCUT2D eigenvalue weighted by atomic mass is 32.1. The van der Waals surface area contributed by atoms with Crippen LogP contribution in [0.25, 0.3) is 10.8 Å². The van der Waals surface area contributed by atoms with Crippen molar-refractivity contribution in [3.05, 3.63) is 42.1 Å². The highest BCUT2D eigenvalue weighted by Gasteiger charge is 2.10. The molecule has 1 aromatic heterocycles. The third-order valence-corrected chi connectivity index (χ3v) is 3.55. The molecular weight excluding hydrogens is 284 g/mol. The van der Waals surface area contributed by atoms with Gasteiger partial charge in [0.05, 0.1) is 5.69 Å². The Labute approximate surface area is 127 Å². The number of aromatic nitrogens is 2. The van der Waals surface area contributed by atoms with Crippen LogP contribution < -0.4 is 0 Å². The highest BCUT2D eigenvalue weighted by molar-refractivity contribution is 7.80. The van der Waals surface area contributed by atoms with E-state index >= 15 is 0 Å². The van der Waals surface area contributed by atoms with Crippen molar-refractivity contribution in [1.29, 1.82) is 0 Å². The summed E-state index contributed by atoms with van der Waals surface area (Å²) in [5.41, 5.74) is 1.22. The van der Waals surface area contributed by atoms with Gasteiger partial charge in [-0.1, -0.05) is 24.3 Å². The zero-order chi connectivity index (χ0) is 15.0. The summed E-state index contributed by atoms with van der Waals surface area (Å²) < 4.78 is 1.63. The molecule has 5 nitrogen and oxygen atoms in total. The van der Waals surface area contributed by atoms with Crippen molar-refractivity contribution < 1.29 is 5.11 Å². The van der Waals surface area contributed by atoms with Gasteiger partial charge in [-0.05, 0) is 18.4 Å². The minimum atomic E-state index is 0.0840. The molecule has 0 saturated heterocycles. The second-order valence-electron chi connectivity index (χ2n) is 4.78. The number of rotatable bonds is 2. The molecule has 6 heteroatoms. The second-order valence-corrected chi connectivity index (χ2v) is 5.26. The Balaban J connectivity index is 2.10. The van der Waals surface area contributed by atoms with Crippen molar-refractivity contribution in [2.24, 2.45) is 17.3 Å². The van der Waals surface area contributed by atoms with Gasteiger partial charge in [-0.3, -0.25) is 0 Å². The molecule has 106 valence electrons. The Morgan fingerprint density at radius 3 is 2.67 bits per heavy atom. The largest absolute Gasteiger partial charge is 0.505 e. The van der Waals surface area contributed by atoms with Crippen LogP contribution in [0.5, 0.6) is 5.75 Å². The van der Waals surface area contributed by atoms with Crippen LogP contribution in [0.4, 0.5) is 11.5 Å². The van der Waals surface area contributed by atoms with Gasteiger partial charge in [0.25, 0.3) is 0 Å². The summed E-state index contributed by atoms with van der Waals surface area (Å²) in [4.78, 5) is 0.578. The number of nitrogens with zero attached hydrogens (tertiary/aromatic N) is 4. The Morgan fingerprint density at radius 2 is 1.95 bits per heavy atom. The average Bonchev–Trinajstić information content (AvgIpc) is 2.77. The topological polar surface area (TPSA) is 62.8 Å². The minimum absolute atomic E-state index is 0.0840. The van der Waals surface area contributed by atoms with Gasteiger partial charge in [0.2, 0.25) is 0 Å². The number of hydrogen-bond acceptors (Lipinski definition) is 5. The molecule has 0 unspecified atom stereocenters. The van der Waals surface area contributed by atoms with E-state index in [4.69, 9.17) is 0 Å². The zero-order valence-corrected chi connectivity index (χ0v) is 12.5. The third-order valence-electron chi connectivity index (χ3n) is 3.20. The van der Waals surface area contributed by atoms with Gasteiger partial charge in [-0.25, -0.2) is 4.68 Å². The molecule has 0 aliphatic rings. The Bertz CT molecular complexity index is 854. The smallest absolute Gasteiger partial charge is 0.173 e. The first kappa shape index (κ1) is 13.6. The molecule has 0 spiro atoms. The lowest BCUT2D eigenvalue weighted by Gasteiger charge is -2.06. The van der Waals surface area contributed by atoms with Crippen molar-refractivity contribution in [3.8, 4) is 5.75 Å². The van der Waals surface area contributed by atoms with Crippen LogP contribution in [-0.2, 0) is 7.05 Å². The summed E-state index contributed by atoms with van der Waals surface area (Å²) >= 11 is 4.38. The van der Waals surface area contributed by atoms with Crippen molar-refractivity contribution in [2.45, 2.75) is 11.8 Å². The predicted octanol–water partition coefficient (Wildman–Crippen LogP) is 4.29. The molecule has 1 heterocycles. The summed E-state index contributed by atoms with van der Waals surface area (Å²) in [6.45, 7) is 1.89. The lowest BCUT2D eigenvalue weighted by atomic mass is 10.1. The van der Waals surface area contributed by atoms with Gasteiger partial charge >= 0.3 is 0 Å². The Morgan fingerprint density at radius 1 is 1.19 bits per heavy atom. The number of fused-ring (bicyclic) bond motifs is 1. The molecule has 0 aliphatic carbocycles. The molecule has 3 aromatic rings. The number of thiol groups is 1. The van der Waals surface area contributed by atoms with Gasteiger partial charge in [-0.2, -0.15) is 5.10 Å². The summed E-state index contributed by atoms with van der Waals surface area (Å²) in [5.74, 6) is 0.702. The van der Waals surface area contributed by atoms with E-state index in [-0.39, 0.29) is 5.75 Å². The van der Waals surface area contributed by atoms with Crippen LogP contribution in [-0.4, -0.2) is 14.9 Å². The summed E-state index contributed by atoms with van der Waals surface area (Å²) in [6, 6.07) is 11.2. The van der Waals surface area contributed by atoms with Crippen LogP contribution in [0, 0.1) is 6.92 Å². The molecular formula is C15H14N4OS. The molecule has 21 heavy (non-hydrogen) atoms. The molecule has 1 N–H and O–H groups in total. The van der Waals surface area contributed by atoms with Gasteiger partial charge in [-0.15, -0.1) is 22.9 Å².